The molecule has 0 heterocycles. The molecular weight excluding hydrogens is 323 g/mol. The van der Waals surface area contributed by atoms with Gasteiger partial charge in [0.1, 0.15) is 5.82 Å². The molecule has 0 aliphatic heterocycles. The maximum Gasteiger partial charge on any atom is 0.227 e. The molecule has 5 heteroatoms. The summed E-state index contributed by atoms with van der Waals surface area (Å²) in [5.41, 5.74) is 0.492. The van der Waals surface area contributed by atoms with E-state index in [9.17, 15) is 9.18 Å². The molecule has 0 spiro atoms. The van der Waals surface area contributed by atoms with Gasteiger partial charge in [0, 0.05) is 35.6 Å². The van der Waals surface area contributed by atoms with E-state index in [-0.39, 0.29) is 24.2 Å². The van der Waals surface area contributed by atoms with Gasteiger partial charge in [-0.15, -0.1) is 6.58 Å². The monoisotopic (exact) mass is 342 g/mol. The van der Waals surface area contributed by atoms with Crippen molar-refractivity contribution in [2.24, 2.45) is 5.92 Å². The lowest BCUT2D eigenvalue weighted by atomic mass is 10.1. The highest BCUT2D eigenvalue weighted by Crippen LogP contribution is 2.18. The summed E-state index contributed by atoms with van der Waals surface area (Å²) < 4.78 is 14.6. The second-order valence-electron chi connectivity index (χ2n) is 4.70. The average Bonchev–Trinajstić information content (AvgIpc) is 2.41. The van der Waals surface area contributed by atoms with E-state index in [0.717, 1.165) is 4.47 Å². The van der Waals surface area contributed by atoms with E-state index in [0.29, 0.717) is 18.7 Å². The van der Waals surface area contributed by atoms with Gasteiger partial charge >= 0.3 is 0 Å². The maximum atomic E-state index is 13.8. The van der Waals surface area contributed by atoms with Crippen LogP contribution in [-0.4, -0.2) is 30.9 Å². The van der Waals surface area contributed by atoms with E-state index in [4.69, 9.17) is 0 Å². The summed E-state index contributed by atoms with van der Waals surface area (Å²) in [5.74, 6) is -0.481. The van der Waals surface area contributed by atoms with Crippen LogP contribution in [0.3, 0.4) is 0 Å². The predicted molar refractivity (Wildman–Crippen MR) is 82.8 cm³/mol. The van der Waals surface area contributed by atoms with Crippen LogP contribution in [0.1, 0.15) is 12.5 Å². The van der Waals surface area contributed by atoms with Gasteiger partial charge in [0.15, 0.2) is 0 Å². The second-order valence-corrected chi connectivity index (χ2v) is 5.62. The summed E-state index contributed by atoms with van der Waals surface area (Å²) in [5, 5.41) is 2.97. The Morgan fingerprint density at radius 2 is 2.30 bits per heavy atom. The molecule has 0 aliphatic carbocycles. The molecule has 3 nitrogen and oxygen atoms in total. The normalized spacial score (nSPS) is 12.0. The molecule has 0 saturated heterocycles. The number of hydrogen-bond acceptors (Lipinski definition) is 2. The van der Waals surface area contributed by atoms with Crippen molar-refractivity contribution in [1.29, 1.82) is 0 Å². The lowest BCUT2D eigenvalue weighted by Crippen LogP contribution is -2.38. The van der Waals surface area contributed by atoms with Crippen molar-refractivity contribution in [2.45, 2.75) is 13.5 Å². The third-order valence-corrected chi connectivity index (χ3v) is 3.46. The molecule has 1 atom stereocenters. The summed E-state index contributed by atoms with van der Waals surface area (Å²) in [7, 11) is 1.80. The summed E-state index contributed by atoms with van der Waals surface area (Å²) in [6, 6.07) is 4.73. The third-order valence-electron chi connectivity index (χ3n) is 2.96. The second kappa shape index (κ2) is 8.17. The molecular formula is C15H20BrFN2O. The minimum atomic E-state index is -0.309. The quantitative estimate of drug-likeness (QED) is 0.772. The number of nitrogens with zero attached hydrogens (tertiary/aromatic N) is 1. The first-order chi connectivity index (χ1) is 9.49. The van der Waals surface area contributed by atoms with Crippen molar-refractivity contribution in [3.05, 3.63) is 46.7 Å². The average molecular weight is 343 g/mol. The van der Waals surface area contributed by atoms with Crippen molar-refractivity contribution < 1.29 is 9.18 Å². The number of halogens is 2. The van der Waals surface area contributed by atoms with Gasteiger partial charge in [-0.05, 0) is 25.2 Å². The largest absolute Gasteiger partial charge is 0.334 e. The number of carbonyl (C=O) groups is 1. The molecule has 20 heavy (non-hydrogen) atoms. The minimum Gasteiger partial charge on any atom is -0.334 e. The molecule has 1 rings (SSSR count). The topological polar surface area (TPSA) is 32.3 Å². The Bertz CT molecular complexity index is 479. The van der Waals surface area contributed by atoms with Crippen molar-refractivity contribution in [3.8, 4) is 0 Å². The Balaban J connectivity index is 2.88. The van der Waals surface area contributed by atoms with Crippen molar-refractivity contribution in [3.63, 3.8) is 0 Å². The summed E-state index contributed by atoms with van der Waals surface area (Å²) >= 11 is 3.32. The summed E-state index contributed by atoms with van der Waals surface area (Å²) in [4.78, 5) is 13.9. The molecule has 1 aromatic rings. The first-order valence-corrected chi connectivity index (χ1v) is 7.27. The predicted octanol–water partition coefficient (Wildman–Crippen LogP) is 2.96. The van der Waals surface area contributed by atoms with Crippen LogP contribution in [-0.2, 0) is 11.3 Å². The molecule has 0 aliphatic rings. The highest BCUT2D eigenvalue weighted by atomic mass is 79.9. The van der Waals surface area contributed by atoms with Gasteiger partial charge in [0.2, 0.25) is 5.91 Å². The van der Waals surface area contributed by atoms with E-state index in [2.05, 4.69) is 27.8 Å². The van der Waals surface area contributed by atoms with Gasteiger partial charge in [0.25, 0.3) is 0 Å². The van der Waals surface area contributed by atoms with E-state index in [1.165, 1.54) is 6.07 Å². The fraction of sp³-hybridized carbons (Fsp3) is 0.400. The van der Waals surface area contributed by atoms with Crippen molar-refractivity contribution in [2.75, 3.05) is 20.1 Å². The van der Waals surface area contributed by atoms with Gasteiger partial charge in [-0.2, -0.15) is 0 Å². The van der Waals surface area contributed by atoms with Gasteiger partial charge in [-0.1, -0.05) is 28.9 Å². The zero-order valence-electron chi connectivity index (χ0n) is 11.8. The number of hydrogen-bond donors (Lipinski definition) is 1. The number of amides is 1. The Kier molecular flexibility index (Phi) is 6.88. The molecule has 110 valence electrons. The van der Waals surface area contributed by atoms with Gasteiger partial charge < -0.3 is 10.2 Å². The van der Waals surface area contributed by atoms with E-state index in [1.54, 1.807) is 30.2 Å². The summed E-state index contributed by atoms with van der Waals surface area (Å²) in [6.07, 6.45) is 1.65. The number of nitrogens with one attached hydrogen (secondary N) is 1. The molecule has 0 radical (unpaired) electrons. The first-order valence-electron chi connectivity index (χ1n) is 6.47. The molecule has 0 saturated carbocycles. The van der Waals surface area contributed by atoms with Crippen LogP contribution >= 0.6 is 15.9 Å². The highest BCUT2D eigenvalue weighted by Gasteiger charge is 2.20. The Morgan fingerprint density at radius 3 is 2.90 bits per heavy atom. The molecule has 1 amide bonds. The molecule has 1 unspecified atom stereocenters. The molecule has 1 N–H and O–H groups in total. The van der Waals surface area contributed by atoms with Crippen molar-refractivity contribution >= 4 is 21.8 Å². The lowest BCUT2D eigenvalue weighted by molar-refractivity contribution is -0.134. The van der Waals surface area contributed by atoms with Crippen LogP contribution in [0.15, 0.2) is 35.3 Å². The first kappa shape index (κ1) is 16.9. The lowest BCUT2D eigenvalue weighted by Gasteiger charge is -2.25. The smallest absolute Gasteiger partial charge is 0.227 e. The number of rotatable bonds is 7. The van der Waals surface area contributed by atoms with E-state index in [1.807, 2.05) is 6.92 Å². The molecule has 0 bridgehead atoms. The number of benzene rings is 1. The van der Waals surface area contributed by atoms with Crippen LogP contribution in [0.4, 0.5) is 4.39 Å². The van der Waals surface area contributed by atoms with Gasteiger partial charge in [-0.25, -0.2) is 4.39 Å². The van der Waals surface area contributed by atoms with Crippen LogP contribution in [0.25, 0.3) is 0 Å². The Morgan fingerprint density at radius 1 is 1.60 bits per heavy atom. The Hall–Kier alpha value is -1.20. The van der Waals surface area contributed by atoms with Crippen LogP contribution < -0.4 is 5.32 Å². The van der Waals surface area contributed by atoms with Crippen LogP contribution in [0, 0.1) is 11.7 Å². The van der Waals surface area contributed by atoms with E-state index < -0.39 is 0 Å². The van der Waals surface area contributed by atoms with Gasteiger partial charge in [-0.3, -0.25) is 4.79 Å². The molecule has 1 aromatic carbocycles. The summed E-state index contributed by atoms with van der Waals surface area (Å²) in [6.45, 7) is 6.74. The highest BCUT2D eigenvalue weighted by molar-refractivity contribution is 9.10. The van der Waals surface area contributed by atoms with Gasteiger partial charge in [0.05, 0.1) is 0 Å². The Labute approximate surface area is 128 Å². The minimum absolute atomic E-state index is 0.0152. The van der Waals surface area contributed by atoms with Crippen LogP contribution in [0.5, 0.6) is 0 Å². The van der Waals surface area contributed by atoms with Crippen LogP contribution in [0.2, 0.25) is 0 Å². The zero-order chi connectivity index (χ0) is 15.1. The number of carbonyl (C=O) groups excluding carboxylic acids is 1. The van der Waals surface area contributed by atoms with Crippen molar-refractivity contribution in [1.82, 2.24) is 10.2 Å². The SMILES string of the molecule is C=CCN(Cc1cc(Br)ccc1F)C(=O)C(C)CNC. The fourth-order valence-corrected chi connectivity index (χ4v) is 2.37. The standard InChI is InChI=1S/C15H20BrFN2O/c1-4-7-19(15(20)11(2)9-18-3)10-12-8-13(16)5-6-14(12)17/h4-6,8,11,18H,1,7,9-10H2,2-3H3. The third kappa shape index (κ3) is 4.72. The maximum absolute atomic E-state index is 13.8. The molecule has 0 aromatic heterocycles. The fourth-order valence-electron chi connectivity index (χ4n) is 1.96. The zero-order valence-corrected chi connectivity index (χ0v) is 13.4. The molecule has 0 fully saturated rings. The van der Waals surface area contributed by atoms with E-state index >= 15 is 0 Å².